The monoisotopic (exact) mass is 1440 g/mol. The minimum Gasteiger partial charge on any atom is -0.508 e. The fourth-order valence-corrected chi connectivity index (χ4v) is 16.0. The number of carboxylic acid groups (broad SMARTS) is 2. The van der Waals surface area contributed by atoms with Crippen LogP contribution in [0.5, 0.6) is 46.0 Å². The van der Waals surface area contributed by atoms with E-state index < -0.39 is 63.9 Å². The topological polar surface area (TPSA) is 316 Å². The molecule has 0 saturated carbocycles. The first kappa shape index (κ1) is 74.8. The molecule has 0 spiro atoms. The van der Waals surface area contributed by atoms with Gasteiger partial charge in [-0.05, 0) is 151 Å². The molecule has 103 heavy (non-hydrogen) atoms. The van der Waals surface area contributed by atoms with E-state index in [4.69, 9.17) is 38.0 Å². The molecule has 14 rings (SSSR count). The first-order valence-corrected chi connectivity index (χ1v) is 37.0. The number of aryl methyl sites for hydroxylation is 1. The molecule has 0 saturated heterocycles. The van der Waals surface area contributed by atoms with Crippen molar-refractivity contribution >= 4 is 85.1 Å². The number of carbonyl (C=O) groups is 7. The van der Waals surface area contributed by atoms with Crippen molar-refractivity contribution < 1.29 is 100 Å². The minimum absolute atomic E-state index is 0.0186. The first-order chi connectivity index (χ1) is 49.1. The number of phenols is 2. The van der Waals surface area contributed by atoms with Gasteiger partial charge < -0.3 is 52.9 Å². The molecule has 11 aromatic carbocycles. The Bertz CT molecular complexity index is 5030. The van der Waals surface area contributed by atoms with Crippen LogP contribution in [-0.4, -0.2) is 75.5 Å². The lowest BCUT2D eigenvalue weighted by Crippen LogP contribution is -2.25. The van der Waals surface area contributed by atoms with Gasteiger partial charge in [0.2, 0.25) is 0 Å². The Kier molecular flexibility index (Phi) is 24.1. The zero-order valence-electron chi connectivity index (χ0n) is 55.9. The predicted molar refractivity (Wildman–Crippen MR) is 389 cm³/mol. The lowest BCUT2D eigenvalue weighted by Gasteiger charge is -2.29. The van der Waals surface area contributed by atoms with Gasteiger partial charge in [-0.2, -0.15) is 0 Å². The van der Waals surface area contributed by atoms with Crippen LogP contribution in [0.4, 0.5) is 0 Å². The molecular formula is C79H65O21P3. The van der Waals surface area contributed by atoms with Gasteiger partial charge >= 0.3 is 49.2 Å². The highest BCUT2D eigenvalue weighted by atomic mass is 31.2. The van der Waals surface area contributed by atoms with Gasteiger partial charge in [0.1, 0.15) is 46.0 Å². The number of hydrogen-bond donors (Lipinski definition) is 4. The van der Waals surface area contributed by atoms with E-state index in [1.54, 1.807) is 61.9 Å². The van der Waals surface area contributed by atoms with Crippen molar-refractivity contribution in [1.29, 1.82) is 0 Å². The van der Waals surface area contributed by atoms with Gasteiger partial charge in [0.25, 0.3) is 14.7 Å². The lowest BCUT2D eigenvalue weighted by atomic mass is 10.0. The standard InChI is InChI=1S/C23H18O6.C18H13O4P.2C13H11O2P.C8H6O4.C4H6O3/c1-15-6-8-20(9-7-15)28-22(25)17-4-3-5-18(14-17)23(26)29-21-12-10-19(11-13-21)27-16(2)24;19-12-9-10-15(20)18(11-12)23(21)17-8-4-2-6-14(17)13-5-1-3-7-16(13)22-23;2*1-16(14)13-9-5-3-7-11(13)10-6-2-4-8-12(10)15-16;9-7(10)5-2-1-3-6(4-5)8(11)12;1-3(5)7-4(2)6/h3-14H,1-2H3;1-11,19-20H;2*2-9H,1H3;1-4H,(H,9,10)(H,11,12);1-2H3. The van der Waals surface area contributed by atoms with Gasteiger partial charge in [-0.25, -0.2) is 19.2 Å². The number of benzene rings is 11. The molecular weight excluding hydrogens is 1380 g/mol. The maximum absolute atomic E-state index is 13.7. The highest BCUT2D eigenvalue weighted by Gasteiger charge is 2.40. The number of carbonyl (C=O) groups excluding carboxylic acids is 5. The molecule has 0 radical (unpaired) electrons. The molecule has 3 aliphatic rings. The molecule has 11 aromatic rings. The summed E-state index contributed by atoms with van der Waals surface area (Å²) in [6.07, 6.45) is 0. The van der Waals surface area contributed by atoms with Crippen LogP contribution in [0.15, 0.2) is 261 Å². The van der Waals surface area contributed by atoms with Crippen LogP contribution in [-0.2, 0) is 32.8 Å². The average Bonchev–Trinajstić information content (AvgIpc) is 0.745. The molecule has 522 valence electrons. The van der Waals surface area contributed by atoms with Crippen molar-refractivity contribution in [3.8, 4) is 79.4 Å². The number of esters is 5. The molecule has 3 heterocycles. The van der Waals surface area contributed by atoms with E-state index >= 15 is 0 Å². The molecule has 3 unspecified atom stereocenters. The number of ether oxygens (including phenoxy) is 4. The molecule has 3 aliphatic heterocycles. The van der Waals surface area contributed by atoms with Crippen LogP contribution >= 0.6 is 22.1 Å². The highest BCUT2D eigenvalue weighted by Crippen LogP contribution is 2.56. The van der Waals surface area contributed by atoms with Gasteiger partial charge in [0, 0.05) is 50.8 Å². The Balaban J connectivity index is 0.000000150. The van der Waals surface area contributed by atoms with E-state index in [9.17, 15) is 57.5 Å². The summed E-state index contributed by atoms with van der Waals surface area (Å²) >= 11 is 0. The normalized spacial score (nSPS) is 15.4. The van der Waals surface area contributed by atoms with Crippen molar-refractivity contribution in [3.05, 3.63) is 289 Å². The van der Waals surface area contributed by atoms with E-state index in [2.05, 4.69) is 4.74 Å². The summed E-state index contributed by atoms with van der Waals surface area (Å²) in [5.74, 6) is -2.30. The van der Waals surface area contributed by atoms with E-state index in [1.165, 1.54) is 93.6 Å². The average molecular weight is 1440 g/mol. The van der Waals surface area contributed by atoms with Gasteiger partial charge in [-0.1, -0.05) is 139 Å². The van der Waals surface area contributed by atoms with Crippen LogP contribution in [0, 0.1) is 6.92 Å². The maximum Gasteiger partial charge on any atom is 0.343 e. The van der Waals surface area contributed by atoms with Crippen LogP contribution in [0.1, 0.15) is 67.8 Å². The second kappa shape index (κ2) is 33.2. The summed E-state index contributed by atoms with van der Waals surface area (Å²) in [6.45, 7) is 8.93. The molecule has 0 amide bonds. The van der Waals surface area contributed by atoms with Crippen molar-refractivity contribution in [1.82, 2.24) is 0 Å². The van der Waals surface area contributed by atoms with Crippen LogP contribution in [0.25, 0.3) is 33.4 Å². The molecule has 3 atom stereocenters. The second-order valence-electron chi connectivity index (χ2n) is 22.7. The van der Waals surface area contributed by atoms with Gasteiger partial charge in [-0.3, -0.25) is 28.1 Å². The summed E-state index contributed by atoms with van der Waals surface area (Å²) < 4.78 is 75.1. The number of aromatic carboxylic acids is 2. The van der Waals surface area contributed by atoms with E-state index in [0.29, 0.717) is 34.1 Å². The number of phenolic OH excluding ortho intramolecular Hbond substituents is 2. The van der Waals surface area contributed by atoms with E-state index in [0.717, 1.165) is 55.6 Å². The van der Waals surface area contributed by atoms with Gasteiger partial charge in [0.05, 0.1) is 43.5 Å². The fourth-order valence-electron chi connectivity index (χ4n) is 10.4. The summed E-state index contributed by atoms with van der Waals surface area (Å²) in [4.78, 5) is 76.1. The number of carboxylic acids is 2. The SMILES string of the molecule is CC(=O)OC(C)=O.CC(=O)Oc1ccc(OC(=O)c2cccc(C(=O)Oc3ccc(C)cc3)c2)cc1.CP1(=O)Oc2ccccc2-c2ccccc21.CP1(=O)Oc2ccccc2-c2ccccc21.O=C(O)c1cccc(C(=O)O)c1.O=P1(c2cc(O)ccc2O)Oc2ccccc2-c2ccccc21. The molecule has 0 aliphatic carbocycles. The Morgan fingerprint density at radius 3 is 1.08 bits per heavy atom. The number of aromatic hydroxyl groups is 2. The quantitative estimate of drug-likeness (QED) is 0.0361. The maximum atomic E-state index is 13.7. The molecule has 0 bridgehead atoms. The van der Waals surface area contributed by atoms with E-state index in [-0.39, 0.29) is 44.8 Å². The number of hydrogen-bond acceptors (Lipinski definition) is 19. The third-order valence-electron chi connectivity index (χ3n) is 15.0. The zero-order valence-corrected chi connectivity index (χ0v) is 58.6. The Hall–Kier alpha value is -12.4. The Morgan fingerprint density at radius 1 is 0.340 bits per heavy atom. The molecule has 4 N–H and O–H groups in total. The number of fused-ring (bicyclic) bond motifs is 9. The predicted octanol–water partition coefficient (Wildman–Crippen LogP) is 15.5. The number of rotatable bonds is 8. The lowest BCUT2D eigenvalue weighted by molar-refractivity contribution is -0.156. The molecule has 0 fully saturated rings. The third kappa shape index (κ3) is 19.1. The zero-order chi connectivity index (χ0) is 74.2. The van der Waals surface area contributed by atoms with Crippen LogP contribution in [0.3, 0.4) is 0 Å². The third-order valence-corrected chi connectivity index (χ3v) is 21.1. The summed E-state index contributed by atoms with van der Waals surface area (Å²) in [6, 6.07) is 73.8. The van der Waals surface area contributed by atoms with Crippen molar-refractivity contribution in [2.24, 2.45) is 0 Å². The summed E-state index contributed by atoms with van der Waals surface area (Å²) in [5.41, 5.74) is 7.19. The second-order valence-corrected chi connectivity index (χ2v) is 29.7. The fraction of sp³-hybridized carbons (Fsp3) is 0.0759. The highest BCUT2D eigenvalue weighted by molar-refractivity contribution is 7.75. The smallest absolute Gasteiger partial charge is 0.343 e. The van der Waals surface area contributed by atoms with Crippen LogP contribution in [0.2, 0.25) is 0 Å². The molecule has 21 nitrogen and oxygen atoms in total. The summed E-state index contributed by atoms with van der Waals surface area (Å²) in [5, 5.41) is 39.1. The molecule has 24 heteroatoms. The Labute approximate surface area is 591 Å². The van der Waals surface area contributed by atoms with Crippen molar-refractivity contribution in [2.45, 2.75) is 27.7 Å². The Morgan fingerprint density at radius 2 is 0.680 bits per heavy atom. The van der Waals surface area contributed by atoms with Gasteiger partial charge in [0.15, 0.2) is 0 Å². The van der Waals surface area contributed by atoms with E-state index in [1.807, 2.05) is 140 Å². The molecule has 0 aromatic heterocycles. The van der Waals surface area contributed by atoms with Gasteiger partial charge in [-0.15, -0.1) is 0 Å². The van der Waals surface area contributed by atoms with Crippen LogP contribution < -0.4 is 49.0 Å². The first-order valence-electron chi connectivity index (χ1n) is 31.2. The largest absolute Gasteiger partial charge is 0.508 e. The minimum atomic E-state index is -3.56. The van der Waals surface area contributed by atoms with Crippen molar-refractivity contribution in [3.63, 3.8) is 0 Å². The van der Waals surface area contributed by atoms with Crippen molar-refractivity contribution in [2.75, 3.05) is 13.3 Å². The number of para-hydroxylation sites is 3. The summed E-state index contributed by atoms with van der Waals surface area (Å²) in [7, 11) is -8.98.